The van der Waals surface area contributed by atoms with E-state index in [0.717, 1.165) is 39.9 Å². The minimum absolute atomic E-state index is 0.0896. The minimum atomic E-state index is -0.640. The van der Waals surface area contributed by atoms with E-state index in [1.165, 1.54) is 23.1 Å². The number of hydrogen-bond donors (Lipinski definition) is 1. The average Bonchev–Trinajstić information content (AvgIpc) is 3.31. The van der Waals surface area contributed by atoms with Gasteiger partial charge in [0.15, 0.2) is 5.78 Å². The molecule has 29 heavy (non-hydrogen) atoms. The lowest BCUT2D eigenvalue weighted by Crippen LogP contribution is -2.11. The molecule has 0 amide bonds. The molecule has 1 aliphatic heterocycles. The molecular formula is C22H21N3O2S2. The predicted octanol–water partition coefficient (Wildman–Crippen LogP) is 5.46. The smallest absolute Gasteiger partial charge is 0.186 e. The number of nitrogens with zero attached hydrogens (tertiary/aromatic N) is 2. The molecule has 1 N–H and O–H groups in total. The molecule has 1 atom stereocenters. The van der Waals surface area contributed by atoms with Gasteiger partial charge in [0.25, 0.3) is 0 Å². The van der Waals surface area contributed by atoms with Crippen molar-refractivity contribution in [1.82, 2.24) is 10.2 Å². The number of rotatable bonds is 6. The molecular weight excluding hydrogens is 402 g/mol. The molecule has 0 aliphatic carbocycles. The number of fused-ring (bicyclic) bond motifs is 1. The number of ether oxygens (including phenoxy) is 1. The zero-order chi connectivity index (χ0) is 20.4. The molecule has 0 saturated carbocycles. The van der Waals surface area contributed by atoms with Crippen LogP contribution in [0.15, 0.2) is 41.3 Å². The number of aromatic nitrogens is 2. The first-order valence-electron chi connectivity index (χ1n) is 9.61. The lowest BCUT2D eigenvalue weighted by molar-refractivity contribution is -0.114. The van der Waals surface area contributed by atoms with Gasteiger partial charge in [0.2, 0.25) is 0 Å². The van der Waals surface area contributed by atoms with E-state index in [9.17, 15) is 4.79 Å². The summed E-state index contributed by atoms with van der Waals surface area (Å²) in [7, 11) is 0. The fraction of sp³-hybridized carbons (Fsp3) is 0.273. The summed E-state index contributed by atoms with van der Waals surface area (Å²) in [4.78, 5) is 13.7. The SMILES string of the molecule is CCCOc1ccc2ccccc2c1C=C1SC(=N)C(c2nnc(CC)s2)C1=O. The van der Waals surface area contributed by atoms with Crippen LogP contribution < -0.4 is 4.74 Å². The van der Waals surface area contributed by atoms with E-state index in [1.807, 2.05) is 49.4 Å². The van der Waals surface area contributed by atoms with Crippen molar-refractivity contribution in [3.05, 3.63) is 56.9 Å². The Morgan fingerprint density at radius 2 is 2.00 bits per heavy atom. The van der Waals surface area contributed by atoms with E-state index < -0.39 is 5.92 Å². The van der Waals surface area contributed by atoms with Gasteiger partial charge >= 0.3 is 0 Å². The number of benzene rings is 2. The second-order valence-electron chi connectivity index (χ2n) is 6.71. The van der Waals surface area contributed by atoms with Crippen molar-refractivity contribution in [1.29, 1.82) is 5.41 Å². The van der Waals surface area contributed by atoms with Crippen LogP contribution in [-0.2, 0) is 11.2 Å². The topological polar surface area (TPSA) is 75.9 Å². The fourth-order valence-electron chi connectivity index (χ4n) is 3.23. The molecule has 3 aromatic rings. The van der Waals surface area contributed by atoms with Crippen molar-refractivity contribution < 1.29 is 9.53 Å². The Kier molecular flexibility index (Phi) is 5.78. The van der Waals surface area contributed by atoms with Crippen LogP contribution in [0, 0.1) is 5.41 Å². The number of Topliss-reactive ketones (excluding diaryl/α,β-unsaturated/α-hetero) is 1. The maximum absolute atomic E-state index is 13.1. The third-order valence-electron chi connectivity index (χ3n) is 4.69. The van der Waals surface area contributed by atoms with Crippen molar-refractivity contribution in [2.24, 2.45) is 0 Å². The fourth-order valence-corrected chi connectivity index (χ4v) is 5.17. The van der Waals surface area contributed by atoms with E-state index in [0.29, 0.717) is 21.6 Å². The summed E-state index contributed by atoms with van der Waals surface area (Å²) in [6.07, 6.45) is 3.55. The first-order chi connectivity index (χ1) is 14.1. The van der Waals surface area contributed by atoms with Crippen LogP contribution in [-0.4, -0.2) is 27.6 Å². The van der Waals surface area contributed by atoms with Gasteiger partial charge in [0.1, 0.15) is 21.7 Å². The van der Waals surface area contributed by atoms with Gasteiger partial charge < -0.3 is 4.74 Å². The number of carbonyl (C=O) groups excluding carboxylic acids is 1. The van der Waals surface area contributed by atoms with E-state index >= 15 is 0 Å². The quantitative estimate of drug-likeness (QED) is 0.533. The Labute approximate surface area is 177 Å². The van der Waals surface area contributed by atoms with Crippen LogP contribution in [0.2, 0.25) is 0 Å². The zero-order valence-corrected chi connectivity index (χ0v) is 17.9. The van der Waals surface area contributed by atoms with Crippen molar-refractivity contribution in [3.63, 3.8) is 0 Å². The van der Waals surface area contributed by atoms with Gasteiger partial charge in [0.05, 0.1) is 16.6 Å². The summed E-state index contributed by atoms with van der Waals surface area (Å²) in [6, 6.07) is 12.0. The van der Waals surface area contributed by atoms with Crippen LogP contribution in [0.5, 0.6) is 5.75 Å². The lowest BCUT2D eigenvalue weighted by Gasteiger charge is -2.12. The lowest BCUT2D eigenvalue weighted by atomic mass is 10.0. The predicted molar refractivity (Wildman–Crippen MR) is 120 cm³/mol. The van der Waals surface area contributed by atoms with Crippen molar-refractivity contribution in [2.45, 2.75) is 32.6 Å². The number of aryl methyl sites for hydroxylation is 1. The number of thioether (sulfide) groups is 1. The molecule has 2 heterocycles. The number of ketones is 1. The first-order valence-corrected chi connectivity index (χ1v) is 11.2. The molecule has 1 aliphatic rings. The maximum Gasteiger partial charge on any atom is 0.186 e. The molecule has 1 unspecified atom stereocenters. The summed E-state index contributed by atoms with van der Waals surface area (Å²) >= 11 is 2.62. The van der Waals surface area contributed by atoms with E-state index in [1.54, 1.807) is 0 Å². The third-order valence-corrected chi connectivity index (χ3v) is 6.81. The van der Waals surface area contributed by atoms with Gasteiger partial charge in [-0.05, 0) is 35.8 Å². The standard InChI is InChI=1S/C22H21N3O2S2/c1-3-11-27-16-10-9-13-7-5-6-8-14(13)15(16)12-17-20(26)19(21(23)28-17)22-25-24-18(4-2)29-22/h5-10,12,19,23H,3-4,11H2,1-2H3. The number of nitrogens with one attached hydrogen (secondary N) is 1. The summed E-state index contributed by atoms with van der Waals surface area (Å²) in [6.45, 7) is 4.68. The van der Waals surface area contributed by atoms with Crippen LogP contribution in [0.1, 0.15) is 41.8 Å². The molecule has 0 bridgehead atoms. The molecule has 4 rings (SSSR count). The molecule has 1 saturated heterocycles. The molecule has 1 aromatic heterocycles. The second kappa shape index (κ2) is 8.47. The molecule has 7 heteroatoms. The van der Waals surface area contributed by atoms with Gasteiger partial charge in [-0.3, -0.25) is 10.2 Å². The number of allylic oxidation sites excluding steroid dienone is 1. The largest absolute Gasteiger partial charge is 0.493 e. The summed E-state index contributed by atoms with van der Waals surface area (Å²) in [5.74, 6) is 0.0258. The molecule has 0 radical (unpaired) electrons. The highest BCUT2D eigenvalue weighted by Crippen LogP contribution is 2.43. The van der Waals surface area contributed by atoms with Gasteiger partial charge in [-0.15, -0.1) is 21.5 Å². The van der Waals surface area contributed by atoms with Crippen molar-refractivity contribution in [2.75, 3.05) is 6.61 Å². The summed E-state index contributed by atoms with van der Waals surface area (Å²) in [5.41, 5.74) is 0.882. The number of carbonyl (C=O) groups is 1. The van der Waals surface area contributed by atoms with E-state index in [2.05, 4.69) is 17.1 Å². The van der Waals surface area contributed by atoms with Gasteiger partial charge in [0, 0.05) is 5.56 Å². The highest BCUT2D eigenvalue weighted by atomic mass is 32.2. The van der Waals surface area contributed by atoms with Crippen LogP contribution >= 0.6 is 23.1 Å². The first kappa shape index (κ1) is 19.8. The summed E-state index contributed by atoms with van der Waals surface area (Å²) in [5, 5.41) is 20.6. The minimum Gasteiger partial charge on any atom is -0.493 e. The molecule has 1 fully saturated rings. The molecule has 2 aromatic carbocycles. The zero-order valence-electron chi connectivity index (χ0n) is 16.3. The van der Waals surface area contributed by atoms with Gasteiger partial charge in [-0.1, -0.05) is 55.9 Å². The highest BCUT2D eigenvalue weighted by molar-refractivity contribution is 8.19. The maximum atomic E-state index is 13.1. The second-order valence-corrected chi connectivity index (χ2v) is 8.88. The van der Waals surface area contributed by atoms with E-state index in [-0.39, 0.29) is 5.78 Å². The van der Waals surface area contributed by atoms with Crippen molar-refractivity contribution in [3.8, 4) is 5.75 Å². The van der Waals surface area contributed by atoms with Crippen molar-refractivity contribution >= 4 is 50.8 Å². The van der Waals surface area contributed by atoms with Crippen LogP contribution in [0.25, 0.3) is 16.8 Å². The van der Waals surface area contributed by atoms with Gasteiger partial charge in [-0.25, -0.2) is 0 Å². The summed E-state index contributed by atoms with van der Waals surface area (Å²) < 4.78 is 5.96. The highest BCUT2D eigenvalue weighted by Gasteiger charge is 2.39. The number of hydrogen-bond acceptors (Lipinski definition) is 7. The van der Waals surface area contributed by atoms with Gasteiger partial charge in [-0.2, -0.15) is 0 Å². The molecule has 5 nitrogen and oxygen atoms in total. The Morgan fingerprint density at radius 3 is 2.76 bits per heavy atom. The van der Waals surface area contributed by atoms with Crippen LogP contribution in [0.3, 0.4) is 0 Å². The normalized spacial score (nSPS) is 18.1. The van der Waals surface area contributed by atoms with Crippen LogP contribution in [0.4, 0.5) is 0 Å². The third kappa shape index (κ3) is 3.84. The Hall–Kier alpha value is -2.51. The Morgan fingerprint density at radius 1 is 1.17 bits per heavy atom. The average molecular weight is 424 g/mol. The Balaban J connectivity index is 1.76. The monoisotopic (exact) mass is 423 g/mol. The molecule has 148 valence electrons. The molecule has 0 spiro atoms. The van der Waals surface area contributed by atoms with E-state index in [4.69, 9.17) is 10.1 Å². The Bertz CT molecular complexity index is 1120.